The van der Waals surface area contributed by atoms with E-state index in [9.17, 15) is 16.8 Å². The average Bonchev–Trinajstić information content (AvgIpc) is 3.18. The van der Waals surface area contributed by atoms with Gasteiger partial charge in [-0.25, -0.2) is 16.8 Å². The zero-order chi connectivity index (χ0) is 19.5. The van der Waals surface area contributed by atoms with Crippen molar-refractivity contribution < 1.29 is 16.8 Å². The van der Waals surface area contributed by atoms with Crippen LogP contribution in [0.4, 0.5) is 5.69 Å². The molecule has 0 bridgehead atoms. The number of nitrogens with zero attached hydrogens (tertiary/aromatic N) is 2. The van der Waals surface area contributed by atoms with Gasteiger partial charge in [-0.1, -0.05) is 18.2 Å². The van der Waals surface area contributed by atoms with Gasteiger partial charge in [0.2, 0.25) is 10.0 Å². The van der Waals surface area contributed by atoms with Gasteiger partial charge in [-0.05, 0) is 31.4 Å². The number of hydrogen-bond acceptors (Lipinski definition) is 5. The molecule has 2 aliphatic heterocycles. The second-order valence-corrected chi connectivity index (χ2v) is 11.0. The summed E-state index contributed by atoms with van der Waals surface area (Å²) in [7, 11) is -6.44. The molecule has 0 aromatic heterocycles. The van der Waals surface area contributed by atoms with Crippen LogP contribution in [0.15, 0.2) is 29.3 Å². The lowest BCUT2D eigenvalue weighted by molar-refractivity contribution is 0.592. The van der Waals surface area contributed by atoms with E-state index in [0.717, 1.165) is 17.7 Å². The van der Waals surface area contributed by atoms with Crippen molar-refractivity contribution >= 4 is 55.5 Å². The van der Waals surface area contributed by atoms with E-state index in [-0.39, 0.29) is 53.8 Å². The Balaban J connectivity index is 0.00000280. The summed E-state index contributed by atoms with van der Waals surface area (Å²) < 4.78 is 50.0. The normalized spacial score (nSPS) is 21.1. The van der Waals surface area contributed by atoms with Crippen LogP contribution in [0.25, 0.3) is 0 Å². The number of sulfone groups is 1. The number of anilines is 1. The van der Waals surface area contributed by atoms with Crippen LogP contribution in [0.1, 0.15) is 18.9 Å². The molecule has 2 aliphatic rings. The Labute approximate surface area is 184 Å². The maximum absolute atomic E-state index is 12.7. The maximum Gasteiger partial charge on any atom is 0.237 e. The van der Waals surface area contributed by atoms with Crippen LogP contribution in [0.2, 0.25) is 0 Å². The van der Waals surface area contributed by atoms with E-state index in [1.807, 2.05) is 31.2 Å². The molecule has 2 heterocycles. The zero-order valence-corrected chi connectivity index (χ0v) is 19.8. The average molecular weight is 542 g/mol. The summed E-state index contributed by atoms with van der Waals surface area (Å²) in [6.45, 7) is 3.08. The Hall–Kier alpha value is -1.08. The number of halogens is 1. The van der Waals surface area contributed by atoms with Gasteiger partial charge in [0.25, 0.3) is 0 Å². The van der Waals surface area contributed by atoms with Gasteiger partial charge in [-0.2, -0.15) is 0 Å². The molecule has 0 amide bonds. The molecule has 1 saturated heterocycles. The molecule has 0 spiro atoms. The lowest BCUT2D eigenvalue weighted by Gasteiger charge is -2.19. The van der Waals surface area contributed by atoms with Gasteiger partial charge in [0.05, 0.1) is 29.5 Å². The van der Waals surface area contributed by atoms with E-state index in [2.05, 4.69) is 15.6 Å². The number of fused-ring (bicyclic) bond motifs is 1. The molecule has 2 N–H and O–H groups in total. The third kappa shape index (κ3) is 5.72. The predicted molar refractivity (Wildman–Crippen MR) is 123 cm³/mol. The SMILES string of the molecule is CCNC(=NCCS(=O)(=O)N1CCc2ccccc21)NC1CCS(=O)(=O)C1.I. The highest BCUT2D eigenvalue weighted by atomic mass is 127. The van der Waals surface area contributed by atoms with Crippen molar-refractivity contribution in [3.63, 3.8) is 0 Å². The molecule has 28 heavy (non-hydrogen) atoms. The second kappa shape index (κ2) is 9.61. The lowest BCUT2D eigenvalue weighted by Crippen LogP contribution is -2.44. The fraction of sp³-hybridized carbons (Fsp3) is 0.588. The molecule has 1 unspecified atom stereocenters. The molecule has 1 aromatic carbocycles. The van der Waals surface area contributed by atoms with Crippen LogP contribution >= 0.6 is 24.0 Å². The van der Waals surface area contributed by atoms with E-state index < -0.39 is 19.9 Å². The number of guanidine groups is 1. The number of rotatable bonds is 6. The van der Waals surface area contributed by atoms with Crippen LogP contribution in [0.5, 0.6) is 0 Å². The van der Waals surface area contributed by atoms with Gasteiger partial charge >= 0.3 is 0 Å². The van der Waals surface area contributed by atoms with E-state index >= 15 is 0 Å². The Bertz CT molecular complexity index is 919. The van der Waals surface area contributed by atoms with Gasteiger partial charge in [-0.15, -0.1) is 24.0 Å². The van der Waals surface area contributed by atoms with Gasteiger partial charge in [0.1, 0.15) is 0 Å². The highest BCUT2D eigenvalue weighted by Gasteiger charge is 2.30. The molecular formula is C17H27IN4O4S2. The van der Waals surface area contributed by atoms with E-state index in [4.69, 9.17) is 0 Å². The number of aliphatic imine (C=N–C) groups is 1. The Morgan fingerprint density at radius 3 is 2.75 bits per heavy atom. The molecule has 3 rings (SSSR count). The fourth-order valence-electron chi connectivity index (χ4n) is 3.40. The topological polar surface area (TPSA) is 108 Å². The quantitative estimate of drug-likeness (QED) is 0.312. The van der Waals surface area contributed by atoms with Crippen LogP contribution in [0, 0.1) is 0 Å². The van der Waals surface area contributed by atoms with Gasteiger partial charge in [0, 0.05) is 19.1 Å². The summed E-state index contributed by atoms with van der Waals surface area (Å²) in [5.74, 6) is 0.616. The summed E-state index contributed by atoms with van der Waals surface area (Å²) in [4.78, 5) is 4.33. The second-order valence-electron chi connectivity index (χ2n) is 6.77. The standard InChI is InChI=1S/C17H26N4O4S2.HI/c1-2-18-17(20-15-8-11-26(22,23)13-15)19-9-12-27(24,25)21-10-7-14-5-3-4-6-16(14)21;/h3-6,15H,2,7-13H2,1H3,(H2,18,19,20);1H. The van der Waals surface area contributed by atoms with E-state index in [1.54, 1.807) is 0 Å². The molecule has 158 valence electrons. The van der Waals surface area contributed by atoms with Gasteiger partial charge in [-0.3, -0.25) is 9.30 Å². The maximum atomic E-state index is 12.7. The van der Waals surface area contributed by atoms with Gasteiger partial charge in [0.15, 0.2) is 15.8 Å². The first kappa shape index (κ1) is 23.2. The molecule has 0 radical (unpaired) electrons. The molecule has 0 saturated carbocycles. The molecule has 0 aliphatic carbocycles. The number of hydrogen-bond donors (Lipinski definition) is 2. The van der Waals surface area contributed by atoms with Crippen molar-refractivity contribution in [2.24, 2.45) is 4.99 Å². The van der Waals surface area contributed by atoms with Crippen molar-refractivity contribution in [3.05, 3.63) is 29.8 Å². The summed E-state index contributed by atoms with van der Waals surface area (Å²) in [6.07, 6.45) is 1.26. The minimum Gasteiger partial charge on any atom is -0.357 e. The Morgan fingerprint density at radius 1 is 1.32 bits per heavy atom. The molecule has 1 aromatic rings. The molecular weight excluding hydrogens is 515 g/mol. The molecule has 1 fully saturated rings. The summed E-state index contributed by atoms with van der Waals surface area (Å²) >= 11 is 0. The lowest BCUT2D eigenvalue weighted by atomic mass is 10.2. The minimum absolute atomic E-state index is 0. The van der Waals surface area contributed by atoms with Crippen molar-refractivity contribution in [2.45, 2.75) is 25.8 Å². The summed E-state index contributed by atoms with van der Waals surface area (Å²) in [6, 6.07) is 7.35. The number of nitrogens with one attached hydrogen (secondary N) is 2. The van der Waals surface area contributed by atoms with Crippen LogP contribution in [-0.4, -0.2) is 65.7 Å². The summed E-state index contributed by atoms with van der Waals surface area (Å²) in [5, 5.41) is 6.14. The first-order valence-electron chi connectivity index (χ1n) is 9.14. The number of para-hydroxylation sites is 1. The van der Waals surface area contributed by atoms with E-state index in [1.165, 1.54) is 4.31 Å². The molecule has 1 atom stereocenters. The van der Waals surface area contributed by atoms with Crippen LogP contribution in [-0.2, 0) is 26.3 Å². The fourth-order valence-corrected chi connectivity index (χ4v) is 6.47. The monoisotopic (exact) mass is 542 g/mol. The third-order valence-electron chi connectivity index (χ3n) is 4.72. The predicted octanol–water partition coefficient (Wildman–Crippen LogP) is 0.739. The first-order chi connectivity index (χ1) is 12.8. The molecule has 11 heteroatoms. The first-order valence-corrected chi connectivity index (χ1v) is 12.6. The van der Waals surface area contributed by atoms with E-state index in [0.29, 0.717) is 25.5 Å². The number of sulfonamides is 1. The highest BCUT2D eigenvalue weighted by Crippen LogP contribution is 2.29. The minimum atomic E-state index is -3.46. The van der Waals surface area contributed by atoms with Crippen molar-refractivity contribution in [1.82, 2.24) is 10.6 Å². The smallest absolute Gasteiger partial charge is 0.237 e. The molecule has 8 nitrogen and oxygen atoms in total. The van der Waals surface area contributed by atoms with Crippen molar-refractivity contribution in [2.75, 3.05) is 41.2 Å². The Kier molecular flexibility index (Phi) is 7.97. The third-order valence-corrected chi connectivity index (χ3v) is 8.23. The largest absolute Gasteiger partial charge is 0.357 e. The Morgan fingerprint density at radius 2 is 2.07 bits per heavy atom. The zero-order valence-electron chi connectivity index (χ0n) is 15.8. The van der Waals surface area contributed by atoms with Crippen LogP contribution in [0.3, 0.4) is 0 Å². The van der Waals surface area contributed by atoms with Gasteiger partial charge < -0.3 is 10.6 Å². The van der Waals surface area contributed by atoms with Crippen molar-refractivity contribution in [1.29, 1.82) is 0 Å². The van der Waals surface area contributed by atoms with Crippen LogP contribution < -0.4 is 14.9 Å². The number of benzene rings is 1. The highest BCUT2D eigenvalue weighted by molar-refractivity contribution is 14.0. The summed E-state index contributed by atoms with van der Waals surface area (Å²) in [5.41, 5.74) is 1.80. The van der Waals surface area contributed by atoms with Crippen molar-refractivity contribution in [3.8, 4) is 0 Å².